The van der Waals surface area contributed by atoms with Crippen LogP contribution in [0.15, 0.2) is 30.3 Å². The fourth-order valence-electron chi connectivity index (χ4n) is 0.714. The molecule has 36 valence electrons. The maximum atomic E-state index is 2.17. The van der Waals surface area contributed by atoms with Crippen molar-refractivity contribution in [1.29, 1.82) is 0 Å². The number of hydrogen-bond donors (Lipinski definition) is 0. The Bertz CT molecular complexity index is 146. The van der Waals surface area contributed by atoms with Gasteiger partial charge in [-0.15, -0.1) is 0 Å². The summed E-state index contributed by atoms with van der Waals surface area (Å²) in [6, 6.07) is 10.6. The quantitative estimate of drug-likeness (QED) is 0.483. The standard InChI is InChI=1S/C7H7.Na/c1-7-5-3-2-4-6-7;/h2-6H,1H2;. The molecule has 0 nitrogen and oxygen atoms in total. The Morgan fingerprint density at radius 3 is 2.12 bits per heavy atom. The molecule has 0 unspecified atom stereocenters. The molecule has 1 rings (SSSR count). The Kier molecular flexibility index (Phi) is 2.60. The minimum absolute atomic E-state index is 1.28. The van der Waals surface area contributed by atoms with Crippen LogP contribution in [-0.2, 0) is 3.67 Å². The molecule has 0 bridgehead atoms. The summed E-state index contributed by atoms with van der Waals surface area (Å²) in [5, 5.41) is 0. The molecule has 1 aromatic rings. The van der Waals surface area contributed by atoms with Gasteiger partial charge in [0.25, 0.3) is 0 Å². The first-order chi connectivity index (χ1) is 3.93. The molecule has 0 aliphatic carbocycles. The number of rotatable bonds is 1. The molecule has 0 aliphatic heterocycles. The van der Waals surface area contributed by atoms with Gasteiger partial charge in [0.2, 0.25) is 0 Å². The molecule has 0 spiro atoms. The van der Waals surface area contributed by atoms with Crippen LogP contribution >= 0.6 is 0 Å². The summed E-state index contributed by atoms with van der Waals surface area (Å²) in [5.74, 6) is 0. The third-order valence-electron chi connectivity index (χ3n) is 1.25. The number of hydrogen-bond acceptors (Lipinski definition) is 0. The minimum atomic E-state index is 1.28. The zero-order valence-electron chi connectivity index (χ0n) is 5.09. The average Bonchev–Trinajstić information content (AvgIpc) is 1.90. The maximum absolute atomic E-state index is 2.17. The van der Waals surface area contributed by atoms with E-state index in [1.54, 1.807) is 0 Å². The first-order valence-electron chi connectivity index (χ1n) is 2.97. The molecule has 0 radical (unpaired) electrons. The van der Waals surface area contributed by atoms with E-state index in [9.17, 15) is 0 Å². The normalized spacial score (nSPS) is 9.25. The van der Waals surface area contributed by atoms with Crippen LogP contribution in [0.3, 0.4) is 0 Å². The van der Waals surface area contributed by atoms with E-state index in [1.165, 1.54) is 37.2 Å². The summed E-state index contributed by atoms with van der Waals surface area (Å²) in [4.78, 5) is 0. The van der Waals surface area contributed by atoms with E-state index in [0.717, 1.165) is 0 Å². The topological polar surface area (TPSA) is 0 Å². The van der Waals surface area contributed by atoms with Gasteiger partial charge in [-0.25, -0.2) is 0 Å². The predicted octanol–water partition coefficient (Wildman–Crippen LogP) is 1.36. The van der Waals surface area contributed by atoms with Crippen LogP contribution in [0.2, 0.25) is 0 Å². The second kappa shape index (κ2) is 3.29. The zero-order chi connectivity index (χ0) is 5.82. The van der Waals surface area contributed by atoms with Gasteiger partial charge in [-0.1, -0.05) is 0 Å². The second-order valence-electron chi connectivity index (χ2n) is 1.84. The second-order valence-corrected chi connectivity index (χ2v) is 2.55. The molecule has 0 saturated carbocycles. The van der Waals surface area contributed by atoms with E-state index >= 15 is 0 Å². The van der Waals surface area contributed by atoms with Crippen molar-refractivity contribution in [2.45, 2.75) is 3.67 Å². The molecule has 8 heavy (non-hydrogen) atoms. The van der Waals surface area contributed by atoms with Crippen LogP contribution in [0.4, 0.5) is 0 Å². The average molecular weight is 114 g/mol. The van der Waals surface area contributed by atoms with E-state index in [1.807, 2.05) is 0 Å². The van der Waals surface area contributed by atoms with Gasteiger partial charge >= 0.3 is 67.5 Å². The third-order valence-corrected chi connectivity index (χ3v) is 2.07. The van der Waals surface area contributed by atoms with Crippen molar-refractivity contribution in [3.8, 4) is 0 Å². The van der Waals surface area contributed by atoms with Crippen LogP contribution in [-0.4, -0.2) is 27.9 Å². The molecule has 0 heterocycles. The third kappa shape index (κ3) is 1.62. The molecule has 0 aromatic heterocycles. The van der Waals surface area contributed by atoms with Crippen LogP contribution in [0.5, 0.6) is 0 Å². The Balaban J connectivity index is 2.83. The summed E-state index contributed by atoms with van der Waals surface area (Å²) in [6.07, 6.45) is 0. The van der Waals surface area contributed by atoms with Crippen molar-refractivity contribution in [3.63, 3.8) is 0 Å². The summed E-state index contributed by atoms with van der Waals surface area (Å²) >= 11 is 1.28. The summed E-state index contributed by atoms with van der Waals surface area (Å²) in [5.41, 5.74) is 1.47. The van der Waals surface area contributed by atoms with Gasteiger partial charge in [-0.05, 0) is 0 Å². The van der Waals surface area contributed by atoms with Crippen LogP contribution in [0.25, 0.3) is 0 Å². The summed E-state index contributed by atoms with van der Waals surface area (Å²) in [7, 11) is 0. The molecule has 0 N–H and O–H groups in total. The molecule has 0 amide bonds. The van der Waals surface area contributed by atoms with Crippen molar-refractivity contribution >= 4 is 27.9 Å². The molecule has 0 saturated heterocycles. The first kappa shape index (κ1) is 6.34. The monoisotopic (exact) mass is 114 g/mol. The van der Waals surface area contributed by atoms with Gasteiger partial charge in [0.1, 0.15) is 0 Å². The van der Waals surface area contributed by atoms with Crippen molar-refractivity contribution < 1.29 is 0 Å². The van der Waals surface area contributed by atoms with E-state index in [-0.39, 0.29) is 0 Å². The van der Waals surface area contributed by atoms with Gasteiger partial charge in [0, 0.05) is 0 Å². The van der Waals surface area contributed by atoms with Gasteiger partial charge in [0.15, 0.2) is 0 Å². The van der Waals surface area contributed by atoms with E-state index in [0.29, 0.717) is 0 Å². The molecule has 1 heteroatoms. The van der Waals surface area contributed by atoms with Crippen molar-refractivity contribution in [2.24, 2.45) is 0 Å². The Morgan fingerprint density at radius 2 is 1.75 bits per heavy atom. The van der Waals surface area contributed by atoms with Gasteiger partial charge < -0.3 is 0 Å². The molecule has 1 aromatic carbocycles. The van der Waals surface area contributed by atoms with Crippen molar-refractivity contribution in [3.05, 3.63) is 35.9 Å². The van der Waals surface area contributed by atoms with Gasteiger partial charge in [0.05, 0.1) is 0 Å². The van der Waals surface area contributed by atoms with Crippen molar-refractivity contribution in [2.75, 3.05) is 0 Å². The van der Waals surface area contributed by atoms with Crippen molar-refractivity contribution in [1.82, 2.24) is 0 Å². The zero-order valence-corrected chi connectivity index (χ0v) is 7.09. The van der Waals surface area contributed by atoms with E-state index < -0.39 is 0 Å². The predicted molar refractivity (Wildman–Crippen MR) is 35.9 cm³/mol. The molecule has 0 aliphatic rings. The van der Waals surface area contributed by atoms with E-state index in [2.05, 4.69) is 30.3 Å². The molecule has 0 fully saturated rings. The first-order valence-corrected chi connectivity index (χ1v) is 4.39. The van der Waals surface area contributed by atoms with Gasteiger partial charge in [-0.3, -0.25) is 0 Å². The summed E-state index contributed by atoms with van der Waals surface area (Å²) < 4.78 is 1.28. The Hall–Kier alpha value is 0.220. The van der Waals surface area contributed by atoms with Gasteiger partial charge in [-0.2, -0.15) is 0 Å². The Morgan fingerprint density at radius 1 is 1.12 bits per heavy atom. The fourth-order valence-corrected chi connectivity index (χ4v) is 1.19. The molecular formula is C7H7Na. The number of benzene rings is 1. The van der Waals surface area contributed by atoms with Crippen LogP contribution in [0, 0.1) is 0 Å². The summed E-state index contributed by atoms with van der Waals surface area (Å²) in [6.45, 7) is 0. The SMILES string of the molecule is [Na][CH2]c1ccccc1. The Labute approximate surface area is 67.3 Å². The van der Waals surface area contributed by atoms with Crippen LogP contribution in [0.1, 0.15) is 5.56 Å². The van der Waals surface area contributed by atoms with Crippen LogP contribution < -0.4 is 0 Å². The van der Waals surface area contributed by atoms with E-state index in [4.69, 9.17) is 0 Å². The molecular weight excluding hydrogens is 107 g/mol. The molecule has 0 atom stereocenters. The fraction of sp³-hybridized carbons (Fsp3) is 0.143.